The second kappa shape index (κ2) is 5.45. The van der Waals surface area contributed by atoms with Crippen molar-refractivity contribution in [2.24, 2.45) is 0 Å². The molecule has 0 N–H and O–H groups in total. The molecule has 0 fully saturated rings. The Morgan fingerprint density at radius 2 is 1.71 bits per heavy atom. The Balaban J connectivity index is 2.87. The first-order chi connectivity index (χ1) is 6.43. The van der Waals surface area contributed by atoms with Gasteiger partial charge in [-0.05, 0) is 0 Å². The minimum absolute atomic E-state index is 0.0000926. The fraction of sp³-hybridized carbons (Fsp3) is 0.222. The summed E-state index contributed by atoms with van der Waals surface area (Å²) in [5.41, 5.74) is 0.772. The van der Waals surface area contributed by atoms with Crippen molar-refractivity contribution >= 4 is 55.6 Å². The second-order valence-electron chi connectivity index (χ2n) is 2.81. The summed E-state index contributed by atoms with van der Waals surface area (Å²) in [6, 6.07) is 9.37. The first-order valence-electron chi connectivity index (χ1n) is 3.93. The summed E-state index contributed by atoms with van der Waals surface area (Å²) >= 11 is 8.20. The Kier molecular flexibility index (Phi) is 5.13. The first kappa shape index (κ1) is 13.2. The first-order valence-corrected chi connectivity index (χ1v) is 20.9. The molecule has 1 rings (SSSR count). The maximum absolute atomic E-state index is 11.9. The molecule has 1 aromatic carbocycles. The van der Waals surface area contributed by atoms with Gasteiger partial charge in [0.1, 0.15) is 0 Å². The van der Waals surface area contributed by atoms with Crippen molar-refractivity contribution in [2.75, 3.05) is 0 Å². The Morgan fingerprint density at radius 3 is 2.14 bits per heavy atom. The van der Waals surface area contributed by atoms with Crippen LogP contribution in [-0.4, -0.2) is 17.3 Å². The third kappa shape index (κ3) is 3.61. The van der Waals surface area contributed by atoms with E-state index < -0.39 is 11.6 Å². The van der Waals surface area contributed by atoms with Crippen LogP contribution in [0.5, 0.6) is 0 Å². The summed E-state index contributed by atoms with van der Waals surface area (Å²) < 4.78 is 0.0000926. The molecular weight excluding hydrogens is 491 g/mol. The molecule has 0 aliphatic rings. The molecule has 1 unspecified atom stereocenters. The van der Waals surface area contributed by atoms with Crippen LogP contribution in [0, 0.1) is 0 Å². The zero-order valence-electron chi connectivity index (χ0n) is 7.41. The van der Waals surface area contributed by atoms with Crippen LogP contribution in [0.1, 0.15) is 17.3 Å². The van der Waals surface area contributed by atoms with E-state index >= 15 is 0 Å². The predicted octanol–water partition coefficient (Wildman–Crippen LogP) is 4.38. The Bertz CT molecular complexity index is 321. The number of hydrogen-bond acceptors (Lipinski definition) is 1. The molecule has 0 heterocycles. The molecule has 0 bridgehead atoms. The molecule has 0 aliphatic carbocycles. The molecule has 1 nitrogen and oxygen atoms in total. The number of halogens is 3. The van der Waals surface area contributed by atoms with E-state index in [4.69, 9.17) is 0 Å². The van der Waals surface area contributed by atoms with Gasteiger partial charge in [0.25, 0.3) is 0 Å². The molecule has 0 saturated carbocycles. The van der Waals surface area contributed by atoms with Crippen molar-refractivity contribution in [3.8, 4) is 0 Å². The molecular formula is C9H9Br3OTe. The molecule has 14 heavy (non-hydrogen) atoms. The molecule has 0 radical (unpaired) electrons. The normalized spacial score (nSPS) is 14.9. The van der Waals surface area contributed by atoms with Gasteiger partial charge in [-0.3, -0.25) is 0 Å². The van der Waals surface area contributed by atoms with Gasteiger partial charge in [0.05, 0.1) is 0 Å². The number of rotatable bonds is 3. The van der Waals surface area contributed by atoms with E-state index in [-0.39, 0.29) is 9.75 Å². The fourth-order valence-corrected chi connectivity index (χ4v) is 5.46. The van der Waals surface area contributed by atoms with Crippen molar-refractivity contribution in [1.82, 2.24) is 0 Å². The van der Waals surface area contributed by atoms with Crippen LogP contribution in [-0.2, 0) is 0 Å². The fourth-order valence-electron chi connectivity index (χ4n) is 0.958. The summed E-state index contributed by atoms with van der Waals surface area (Å²) in [6.45, 7) is 1.94. The third-order valence-corrected chi connectivity index (χ3v) is 16.0. The van der Waals surface area contributed by atoms with Crippen LogP contribution in [0.4, 0.5) is 0 Å². The third-order valence-electron chi connectivity index (χ3n) is 1.83. The van der Waals surface area contributed by atoms with Gasteiger partial charge in [0.15, 0.2) is 0 Å². The summed E-state index contributed by atoms with van der Waals surface area (Å²) in [5.74, 6) is 0.178. The van der Waals surface area contributed by atoms with E-state index in [0.717, 1.165) is 5.56 Å². The van der Waals surface area contributed by atoms with Gasteiger partial charge >= 0.3 is 107 Å². The molecule has 78 valence electrons. The number of carbonyl (C=O) groups excluding carboxylic acids is 1. The van der Waals surface area contributed by atoms with Gasteiger partial charge in [-0.15, -0.1) is 0 Å². The van der Waals surface area contributed by atoms with Crippen molar-refractivity contribution in [1.29, 1.82) is 0 Å². The van der Waals surface area contributed by atoms with Crippen LogP contribution in [0.25, 0.3) is 0 Å². The zero-order valence-corrected chi connectivity index (χ0v) is 14.5. The van der Waals surface area contributed by atoms with Crippen LogP contribution in [0.2, 0.25) is 3.97 Å². The van der Waals surface area contributed by atoms with E-state index in [1.807, 2.05) is 37.3 Å². The van der Waals surface area contributed by atoms with Gasteiger partial charge in [-0.1, -0.05) is 0 Å². The topological polar surface area (TPSA) is 17.1 Å². The minimum atomic E-state index is -2.43. The number of hydrogen-bond donors (Lipinski definition) is 0. The SMILES string of the molecule is CC(C(=O)c1ccccc1)[Te](Br)(Br)Br. The maximum atomic E-state index is 11.9. The van der Waals surface area contributed by atoms with E-state index in [1.54, 1.807) is 0 Å². The van der Waals surface area contributed by atoms with Crippen LogP contribution >= 0.6 is 38.3 Å². The quantitative estimate of drug-likeness (QED) is 0.445. The molecule has 5 heteroatoms. The Morgan fingerprint density at radius 1 is 1.21 bits per heavy atom. The average molecular weight is 500 g/mol. The van der Waals surface area contributed by atoms with Crippen LogP contribution in [0.15, 0.2) is 30.3 Å². The van der Waals surface area contributed by atoms with Gasteiger partial charge in [0.2, 0.25) is 0 Å². The average Bonchev–Trinajstić information content (AvgIpc) is 2.15. The Hall–Kier alpha value is 1.12. The number of carbonyl (C=O) groups is 1. The molecule has 1 aromatic rings. The summed E-state index contributed by atoms with van der Waals surface area (Å²) in [6.07, 6.45) is 0. The van der Waals surface area contributed by atoms with E-state index in [0.29, 0.717) is 0 Å². The molecule has 0 spiro atoms. The number of benzene rings is 1. The molecule has 1 atom stereocenters. The van der Waals surface area contributed by atoms with Gasteiger partial charge < -0.3 is 0 Å². The van der Waals surface area contributed by atoms with Gasteiger partial charge in [-0.25, -0.2) is 0 Å². The molecule has 0 amide bonds. The van der Waals surface area contributed by atoms with Gasteiger partial charge in [0, 0.05) is 0 Å². The predicted molar refractivity (Wildman–Crippen MR) is 72.7 cm³/mol. The second-order valence-corrected chi connectivity index (χ2v) is 45.4. The van der Waals surface area contributed by atoms with E-state index in [1.165, 1.54) is 0 Å². The summed E-state index contributed by atoms with van der Waals surface area (Å²) in [4.78, 5) is 11.9. The zero-order chi connectivity index (χ0) is 10.8. The summed E-state index contributed by atoms with van der Waals surface area (Å²) in [7, 11) is 0. The van der Waals surface area contributed by atoms with E-state index in [2.05, 4.69) is 38.3 Å². The summed E-state index contributed by atoms with van der Waals surface area (Å²) in [5, 5.41) is 0. The van der Waals surface area contributed by atoms with Crippen molar-refractivity contribution in [3.63, 3.8) is 0 Å². The van der Waals surface area contributed by atoms with E-state index in [9.17, 15) is 4.79 Å². The number of Topliss-reactive ketones (excluding diaryl/α,β-unsaturated/α-hetero) is 1. The molecule has 0 aromatic heterocycles. The van der Waals surface area contributed by atoms with Crippen molar-refractivity contribution < 1.29 is 4.79 Å². The standard InChI is InChI=1S/C9H9Br3OTe/c1-7(14(10,11)12)9(13)8-5-3-2-4-6-8/h2-7H,1H3. The van der Waals surface area contributed by atoms with Crippen LogP contribution in [0.3, 0.4) is 0 Å². The Labute approximate surface area is 106 Å². The van der Waals surface area contributed by atoms with Crippen LogP contribution < -0.4 is 0 Å². The molecule has 0 aliphatic heterocycles. The monoisotopic (exact) mass is 500 g/mol. The number of ketones is 1. The molecule has 0 saturated heterocycles. The van der Waals surface area contributed by atoms with Crippen molar-refractivity contribution in [2.45, 2.75) is 10.9 Å². The van der Waals surface area contributed by atoms with Gasteiger partial charge in [-0.2, -0.15) is 0 Å². The van der Waals surface area contributed by atoms with Crippen molar-refractivity contribution in [3.05, 3.63) is 35.9 Å².